The van der Waals surface area contributed by atoms with Crippen LogP contribution in [0.5, 0.6) is 0 Å². The standard InChI is InChI=1S/C14H25N5O/c1-10(13-8-16-18(3)11(13)2)17-14(20)9-19-6-4-12(15)5-7-19/h8,10,12H,4-7,9,15H2,1-3H3,(H,17,20). The van der Waals surface area contributed by atoms with Gasteiger partial charge in [-0.1, -0.05) is 0 Å². The van der Waals surface area contributed by atoms with Gasteiger partial charge < -0.3 is 11.1 Å². The Morgan fingerprint density at radius 1 is 1.55 bits per heavy atom. The molecule has 1 fully saturated rings. The topological polar surface area (TPSA) is 76.2 Å². The molecule has 1 aliphatic rings. The molecule has 3 N–H and O–H groups in total. The first kappa shape index (κ1) is 15.0. The molecule has 1 aromatic rings. The second-order valence-corrected chi connectivity index (χ2v) is 5.71. The zero-order valence-corrected chi connectivity index (χ0v) is 12.6. The quantitative estimate of drug-likeness (QED) is 0.833. The minimum atomic E-state index is -0.0109. The van der Waals surface area contributed by atoms with E-state index in [0.717, 1.165) is 37.2 Å². The normalized spacial score (nSPS) is 19.0. The second-order valence-electron chi connectivity index (χ2n) is 5.71. The van der Waals surface area contributed by atoms with Crippen LogP contribution in [0.2, 0.25) is 0 Å². The minimum absolute atomic E-state index is 0.0109. The Bertz CT molecular complexity index is 462. The first-order chi connectivity index (χ1) is 9.47. The number of nitrogens with zero attached hydrogens (tertiary/aromatic N) is 3. The highest BCUT2D eigenvalue weighted by molar-refractivity contribution is 5.78. The maximum Gasteiger partial charge on any atom is 0.234 e. The van der Waals surface area contributed by atoms with E-state index >= 15 is 0 Å². The predicted molar refractivity (Wildman–Crippen MR) is 78.2 cm³/mol. The van der Waals surface area contributed by atoms with E-state index < -0.39 is 0 Å². The first-order valence-electron chi connectivity index (χ1n) is 7.23. The Balaban J connectivity index is 1.83. The van der Waals surface area contributed by atoms with Gasteiger partial charge in [0.1, 0.15) is 0 Å². The summed E-state index contributed by atoms with van der Waals surface area (Å²) in [6.45, 7) is 6.28. The van der Waals surface area contributed by atoms with Gasteiger partial charge in [-0.25, -0.2) is 0 Å². The molecule has 0 radical (unpaired) electrons. The maximum atomic E-state index is 12.1. The van der Waals surface area contributed by atoms with Crippen LogP contribution in [0.3, 0.4) is 0 Å². The van der Waals surface area contributed by atoms with E-state index in [1.54, 1.807) is 0 Å². The van der Waals surface area contributed by atoms with Crippen molar-refractivity contribution >= 4 is 5.91 Å². The van der Waals surface area contributed by atoms with Gasteiger partial charge >= 0.3 is 0 Å². The molecule has 1 amide bonds. The summed E-state index contributed by atoms with van der Waals surface area (Å²) in [4.78, 5) is 14.3. The van der Waals surface area contributed by atoms with E-state index in [1.165, 1.54) is 0 Å². The summed E-state index contributed by atoms with van der Waals surface area (Å²) in [5.74, 6) is 0.0659. The van der Waals surface area contributed by atoms with Crippen LogP contribution in [0.25, 0.3) is 0 Å². The van der Waals surface area contributed by atoms with Crippen molar-refractivity contribution in [3.63, 3.8) is 0 Å². The molecule has 1 saturated heterocycles. The van der Waals surface area contributed by atoms with Gasteiger partial charge in [0.2, 0.25) is 5.91 Å². The van der Waals surface area contributed by atoms with Crippen LogP contribution in [0.4, 0.5) is 0 Å². The Kier molecular flexibility index (Phi) is 4.77. The van der Waals surface area contributed by atoms with Gasteiger partial charge in [-0.05, 0) is 26.7 Å². The molecular weight excluding hydrogens is 254 g/mol. The van der Waals surface area contributed by atoms with Crippen LogP contribution in [0, 0.1) is 6.92 Å². The summed E-state index contributed by atoms with van der Waals surface area (Å²) in [6, 6.07) is 0.287. The van der Waals surface area contributed by atoms with Crippen molar-refractivity contribution in [2.24, 2.45) is 12.8 Å². The SMILES string of the molecule is Cc1c(C(C)NC(=O)CN2CCC(N)CC2)cnn1C. The van der Waals surface area contributed by atoms with Crippen molar-refractivity contribution in [1.29, 1.82) is 0 Å². The van der Waals surface area contributed by atoms with E-state index in [1.807, 2.05) is 31.8 Å². The largest absolute Gasteiger partial charge is 0.348 e. The van der Waals surface area contributed by atoms with Crippen molar-refractivity contribution in [3.05, 3.63) is 17.5 Å². The van der Waals surface area contributed by atoms with Gasteiger partial charge in [0, 0.05) is 37.4 Å². The average molecular weight is 279 g/mol. The number of likely N-dealkylation sites (tertiary alicyclic amines) is 1. The van der Waals surface area contributed by atoms with E-state index in [2.05, 4.69) is 15.3 Å². The minimum Gasteiger partial charge on any atom is -0.348 e. The van der Waals surface area contributed by atoms with Gasteiger partial charge in [-0.3, -0.25) is 14.4 Å². The molecule has 0 saturated carbocycles. The Labute approximate surface area is 120 Å². The number of nitrogens with one attached hydrogen (secondary N) is 1. The Morgan fingerprint density at radius 2 is 2.20 bits per heavy atom. The molecule has 1 atom stereocenters. The van der Waals surface area contributed by atoms with Crippen LogP contribution < -0.4 is 11.1 Å². The van der Waals surface area contributed by atoms with Gasteiger partial charge in [0.15, 0.2) is 0 Å². The number of hydrogen-bond donors (Lipinski definition) is 2. The van der Waals surface area contributed by atoms with Gasteiger partial charge in [-0.2, -0.15) is 5.10 Å². The van der Waals surface area contributed by atoms with E-state index in [4.69, 9.17) is 5.73 Å². The average Bonchev–Trinajstić information content (AvgIpc) is 2.73. The summed E-state index contributed by atoms with van der Waals surface area (Å²) in [6.07, 6.45) is 3.77. The first-order valence-corrected chi connectivity index (χ1v) is 7.23. The third-order valence-corrected chi connectivity index (χ3v) is 4.12. The van der Waals surface area contributed by atoms with Crippen molar-refractivity contribution < 1.29 is 4.79 Å². The van der Waals surface area contributed by atoms with Gasteiger partial charge in [-0.15, -0.1) is 0 Å². The van der Waals surface area contributed by atoms with Crippen LogP contribution in [-0.4, -0.2) is 46.3 Å². The van der Waals surface area contributed by atoms with Gasteiger partial charge in [0.25, 0.3) is 0 Å². The molecular formula is C14H25N5O. The third-order valence-electron chi connectivity index (χ3n) is 4.12. The zero-order chi connectivity index (χ0) is 14.7. The highest BCUT2D eigenvalue weighted by Crippen LogP contribution is 2.16. The molecule has 1 aliphatic heterocycles. The molecule has 20 heavy (non-hydrogen) atoms. The number of aromatic nitrogens is 2. The van der Waals surface area contributed by atoms with Crippen molar-refractivity contribution in [2.75, 3.05) is 19.6 Å². The number of hydrogen-bond acceptors (Lipinski definition) is 4. The molecule has 0 aliphatic carbocycles. The van der Waals surface area contributed by atoms with Gasteiger partial charge in [0.05, 0.1) is 18.8 Å². The molecule has 6 nitrogen and oxygen atoms in total. The predicted octanol–water partition coefficient (Wildman–Crippen LogP) is 0.329. The van der Waals surface area contributed by atoms with Crippen LogP contribution in [-0.2, 0) is 11.8 Å². The Hall–Kier alpha value is -1.40. The lowest BCUT2D eigenvalue weighted by Gasteiger charge is -2.29. The second kappa shape index (κ2) is 6.37. The van der Waals surface area contributed by atoms with Crippen molar-refractivity contribution in [2.45, 2.75) is 38.8 Å². The maximum absolute atomic E-state index is 12.1. The summed E-state index contributed by atoms with van der Waals surface area (Å²) >= 11 is 0. The smallest absolute Gasteiger partial charge is 0.234 e. The number of carbonyl (C=O) groups is 1. The number of aryl methyl sites for hydroxylation is 1. The molecule has 112 valence electrons. The number of carbonyl (C=O) groups excluding carboxylic acids is 1. The number of piperidine rings is 1. The fourth-order valence-electron chi connectivity index (χ4n) is 2.62. The lowest BCUT2D eigenvalue weighted by atomic mass is 10.1. The molecule has 1 aromatic heterocycles. The van der Waals surface area contributed by atoms with Crippen LogP contribution in [0.1, 0.15) is 37.1 Å². The fourth-order valence-corrected chi connectivity index (χ4v) is 2.62. The highest BCUT2D eigenvalue weighted by atomic mass is 16.2. The summed E-state index contributed by atoms with van der Waals surface area (Å²) in [5.41, 5.74) is 8.02. The number of rotatable bonds is 4. The van der Waals surface area contributed by atoms with Crippen molar-refractivity contribution in [3.8, 4) is 0 Å². The molecule has 0 bridgehead atoms. The van der Waals surface area contributed by atoms with E-state index in [-0.39, 0.29) is 11.9 Å². The lowest BCUT2D eigenvalue weighted by molar-refractivity contribution is -0.123. The molecule has 2 heterocycles. The summed E-state index contributed by atoms with van der Waals surface area (Å²) in [5, 5.41) is 7.25. The summed E-state index contributed by atoms with van der Waals surface area (Å²) < 4.78 is 1.82. The molecule has 1 unspecified atom stereocenters. The zero-order valence-electron chi connectivity index (χ0n) is 12.6. The lowest BCUT2D eigenvalue weighted by Crippen LogP contribution is -2.44. The summed E-state index contributed by atoms with van der Waals surface area (Å²) in [7, 11) is 1.91. The Morgan fingerprint density at radius 3 is 2.75 bits per heavy atom. The van der Waals surface area contributed by atoms with E-state index in [0.29, 0.717) is 12.6 Å². The molecule has 6 heteroatoms. The molecule has 2 rings (SSSR count). The van der Waals surface area contributed by atoms with Crippen LogP contribution >= 0.6 is 0 Å². The van der Waals surface area contributed by atoms with Crippen molar-refractivity contribution in [1.82, 2.24) is 20.0 Å². The molecule has 0 spiro atoms. The highest BCUT2D eigenvalue weighted by Gasteiger charge is 2.20. The monoisotopic (exact) mass is 279 g/mol. The molecule has 0 aromatic carbocycles. The number of amides is 1. The van der Waals surface area contributed by atoms with Crippen LogP contribution in [0.15, 0.2) is 6.20 Å². The number of nitrogens with two attached hydrogens (primary N) is 1. The fraction of sp³-hybridized carbons (Fsp3) is 0.714. The third kappa shape index (κ3) is 3.58. The van der Waals surface area contributed by atoms with E-state index in [9.17, 15) is 4.79 Å².